The molecule has 0 spiro atoms. The first-order chi connectivity index (χ1) is 18.5. The van der Waals surface area contributed by atoms with Crippen molar-refractivity contribution >= 4 is 33.7 Å². The number of fused-ring (bicyclic) bond motifs is 1. The monoisotopic (exact) mass is 513 g/mol. The summed E-state index contributed by atoms with van der Waals surface area (Å²) in [6.45, 7) is 1.58. The van der Waals surface area contributed by atoms with E-state index in [0.29, 0.717) is 23.0 Å². The summed E-state index contributed by atoms with van der Waals surface area (Å²) in [5, 5.41) is 24.3. The zero-order valence-corrected chi connectivity index (χ0v) is 20.9. The number of nitrogens with one attached hydrogen (secondary N) is 1. The second-order valence-corrected chi connectivity index (χ2v) is 8.97. The average Bonchev–Trinajstić information content (AvgIpc) is 2.96. The number of nitro groups is 1. The van der Waals surface area contributed by atoms with E-state index in [4.69, 9.17) is 9.47 Å². The number of ether oxygens (including phenoxy) is 2. The van der Waals surface area contributed by atoms with Crippen LogP contribution in [-0.4, -0.2) is 47.8 Å². The molecule has 0 radical (unpaired) electrons. The van der Waals surface area contributed by atoms with E-state index < -0.39 is 4.92 Å². The Kier molecular flexibility index (Phi) is 7.30. The van der Waals surface area contributed by atoms with Crippen molar-refractivity contribution in [3.05, 3.63) is 76.8 Å². The number of anilines is 2. The number of hydrogen-bond acceptors (Lipinski definition) is 8. The first-order valence-electron chi connectivity index (χ1n) is 12.4. The van der Waals surface area contributed by atoms with Crippen LogP contribution in [-0.2, 0) is 4.79 Å². The molecule has 10 nitrogen and oxygen atoms in total. The van der Waals surface area contributed by atoms with Gasteiger partial charge in [-0.2, -0.15) is 0 Å². The lowest BCUT2D eigenvalue weighted by Crippen LogP contribution is -2.31. The van der Waals surface area contributed by atoms with Gasteiger partial charge >= 0.3 is 0 Å². The van der Waals surface area contributed by atoms with Crippen LogP contribution < -0.4 is 19.7 Å². The summed E-state index contributed by atoms with van der Waals surface area (Å²) in [4.78, 5) is 25.6. The second kappa shape index (κ2) is 11.1. The van der Waals surface area contributed by atoms with Gasteiger partial charge in [0.25, 0.3) is 11.6 Å². The average molecular weight is 514 g/mol. The first kappa shape index (κ1) is 24.9. The second-order valence-electron chi connectivity index (χ2n) is 8.97. The SMILES string of the molecule is COc1nnc(-c2ccc(N3CCCCC3)c(NC(=O)COc3ccc([N+](=O)[O-])cc3)c2)c2ccccc12. The number of amides is 1. The van der Waals surface area contributed by atoms with Gasteiger partial charge in [-0.15, -0.1) is 10.2 Å². The van der Waals surface area contributed by atoms with Crippen LogP contribution >= 0.6 is 0 Å². The van der Waals surface area contributed by atoms with Crippen LogP contribution in [0, 0.1) is 10.1 Å². The largest absolute Gasteiger partial charge is 0.484 e. The summed E-state index contributed by atoms with van der Waals surface area (Å²) in [5.74, 6) is 0.478. The predicted molar refractivity (Wildman–Crippen MR) is 145 cm³/mol. The topological polar surface area (TPSA) is 120 Å². The molecule has 0 bridgehead atoms. The Hall–Kier alpha value is -4.73. The van der Waals surface area contributed by atoms with Crippen molar-refractivity contribution in [1.82, 2.24) is 10.2 Å². The van der Waals surface area contributed by atoms with Crippen molar-refractivity contribution in [2.75, 3.05) is 37.0 Å². The van der Waals surface area contributed by atoms with Crippen LogP contribution in [0.5, 0.6) is 11.6 Å². The maximum Gasteiger partial charge on any atom is 0.269 e. The molecular weight excluding hydrogens is 486 g/mol. The molecule has 0 unspecified atom stereocenters. The summed E-state index contributed by atoms with van der Waals surface area (Å²) in [7, 11) is 1.57. The van der Waals surface area contributed by atoms with E-state index in [-0.39, 0.29) is 18.2 Å². The quantitative estimate of drug-likeness (QED) is 0.251. The number of nitrogens with zero attached hydrogens (tertiary/aromatic N) is 4. The third-order valence-electron chi connectivity index (χ3n) is 6.51. The molecule has 1 N–H and O–H groups in total. The summed E-state index contributed by atoms with van der Waals surface area (Å²) in [6, 6.07) is 19.3. The molecule has 1 aliphatic rings. The van der Waals surface area contributed by atoms with Gasteiger partial charge in [-0.25, -0.2) is 0 Å². The van der Waals surface area contributed by atoms with Crippen LogP contribution in [0.2, 0.25) is 0 Å². The van der Waals surface area contributed by atoms with Crippen molar-refractivity contribution in [2.45, 2.75) is 19.3 Å². The van der Waals surface area contributed by atoms with Gasteiger partial charge in [-0.3, -0.25) is 14.9 Å². The summed E-state index contributed by atoms with van der Waals surface area (Å²) in [6.07, 6.45) is 3.37. The molecule has 2 heterocycles. The van der Waals surface area contributed by atoms with Gasteiger partial charge in [-0.1, -0.05) is 24.3 Å². The maximum absolute atomic E-state index is 12.9. The summed E-state index contributed by atoms with van der Waals surface area (Å²) >= 11 is 0. The fraction of sp³-hybridized carbons (Fsp3) is 0.250. The van der Waals surface area contributed by atoms with Crippen LogP contribution in [0.1, 0.15) is 19.3 Å². The molecule has 38 heavy (non-hydrogen) atoms. The van der Waals surface area contributed by atoms with Crippen molar-refractivity contribution in [3.8, 4) is 22.9 Å². The molecule has 1 aromatic heterocycles. The van der Waals surface area contributed by atoms with Gasteiger partial charge in [0.1, 0.15) is 11.4 Å². The molecule has 0 saturated carbocycles. The smallest absolute Gasteiger partial charge is 0.269 e. The van der Waals surface area contributed by atoms with Gasteiger partial charge < -0.3 is 19.7 Å². The Morgan fingerprint density at radius 3 is 2.45 bits per heavy atom. The number of aromatic nitrogens is 2. The number of benzene rings is 3. The molecule has 0 atom stereocenters. The summed E-state index contributed by atoms with van der Waals surface area (Å²) in [5.41, 5.74) is 3.04. The first-order valence-corrected chi connectivity index (χ1v) is 12.4. The van der Waals surface area contributed by atoms with E-state index in [1.807, 2.05) is 42.5 Å². The van der Waals surface area contributed by atoms with E-state index >= 15 is 0 Å². The van der Waals surface area contributed by atoms with Gasteiger partial charge in [0.2, 0.25) is 5.88 Å². The van der Waals surface area contributed by atoms with Gasteiger partial charge in [-0.05, 0) is 49.6 Å². The Morgan fingerprint density at radius 1 is 1.00 bits per heavy atom. The number of hydrogen-bond donors (Lipinski definition) is 1. The molecule has 1 amide bonds. The van der Waals surface area contributed by atoms with E-state index in [1.54, 1.807) is 7.11 Å². The van der Waals surface area contributed by atoms with E-state index in [0.717, 1.165) is 48.0 Å². The number of carbonyl (C=O) groups excluding carboxylic acids is 1. The highest BCUT2D eigenvalue weighted by Gasteiger charge is 2.19. The number of non-ortho nitro benzene ring substituents is 1. The molecule has 1 aliphatic heterocycles. The molecule has 5 rings (SSSR count). The molecule has 1 saturated heterocycles. The highest BCUT2D eigenvalue weighted by atomic mass is 16.6. The van der Waals surface area contributed by atoms with Crippen molar-refractivity contribution in [3.63, 3.8) is 0 Å². The molecule has 0 aliphatic carbocycles. The minimum absolute atomic E-state index is 0.0426. The molecular formula is C28H27N5O5. The van der Waals surface area contributed by atoms with Crippen molar-refractivity contribution < 1.29 is 19.2 Å². The third kappa shape index (κ3) is 5.34. The fourth-order valence-electron chi connectivity index (χ4n) is 4.64. The molecule has 4 aromatic rings. The van der Waals surface area contributed by atoms with Crippen molar-refractivity contribution in [2.24, 2.45) is 0 Å². The molecule has 194 valence electrons. The minimum Gasteiger partial charge on any atom is -0.484 e. The molecule has 10 heteroatoms. The maximum atomic E-state index is 12.9. The highest BCUT2D eigenvalue weighted by molar-refractivity contribution is 6.00. The predicted octanol–water partition coefficient (Wildman–Crippen LogP) is 5.22. The van der Waals surface area contributed by atoms with E-state index in [9.17, 15) is 14.9 Å². The lowest BCUT2D eigenvalue weighted by atomic mass is 10.0. The lowest BCUT2D eigenvalue weighted by molar-refractivity contribution is -0.384. The van der Waals surface area contributed by atoms with Crippen molar-refractivity contribution in [1.29, 1.82) is 0 Å². The molecule has 1 fully saturated rings. The van der Waals surface area contributed by atoms with Gasteiger partial charge in [0.15, 0.2) is 6.61 Å². The third-order valence-corrected chi connectivity index (χ3v) is 6.51. The number of nitro benzene ring substituents is 1. The Balaban J connectivity index is 1.43. The van der Waals surface area contributed by atoms with Crippen LogP contribution in [0.4, 0.5) is 17.1 Å². The van der Waals surface area contributed by atoms with Crippen LogP contribution in [0.15, 0.2) is 66.7 Å². The van der Waals surface area contributed by atoms with Crippen LogP contribution in [0.25, 0.3) is 22.0 Å². The number of rotatable bonds is 8. The lowest BCUT2D eigenvalue weighted by Gasteiger charge is -2.31. The molecule has 3 aromatic carbocycles. The number of methoxy groups -OCH3 is 1. The highest BCUT2D eigenvalue weighted by Crippen LogP contribution is 2.36. The minimum atomic E-state index is -0.484. The number of carbonyl (C=O) groups is 1. The normalized spacial score (nSPS) is 13.2. The zero-order valence-electron chi connectivity index (χ0n) is 20.9. The Morgan fingerprint density at radius 2 is 1.74 bits per heavy atom. The van der Waals surface area contributed by atoms with Crippen LogP contribution in [0.3, 0.4) is 0 Å². The number of piperidine rings is 1. The summed E-state index contributed by atoms with van der Waals surface area (Å²) < 4.78 is 11.0. The zero-order chi connectivity index (χ0) is 26.5. The standard InChI is InChI=1S/C28H27N5O5/c1-37-28-23-8-4-3-7-22(23)27(30-31-28)19-9-14-25(32-15-5-2-6-16-32)24(17-19)29-26(34)18-38-21-12-10-20(11-13-21)33(35)36/h3-4,7-14,17H,2,5-6,15-16,18H2,1H3,(H,29,34). The van der Waals surface area contributed by atoms with Gasteiger partial charge in [0, 0.05) is 41.6 Å². The van der Waals surface area contributed by atoms with Gasteiger partial charge in [0.05, 0.1) is 23.4 Å². The van der Waals surface area contributed by atoms with E-state index in [1.165, 1.54) is 30.7 Å². The Bertz CT molecular complexity index is 1470. The van der Waals surface area contributed by atoms with E-state index in [2.05, 4.69) is 20.4 Å². The Labute approximate surface area is 219 Å². The fourth-order valence-corrected chi connectivity index (χ4v) is 4.64.